The molecule has 2 aromatic rings. The summed E-state index contributed by atoms with van der Waals surface area (Å²) in [5, 5.41) is 22.9. The van der Waals surface area contributed by atoms with E-state index in [1.54, 1.807) is 24.3 Å². The zero-order chi connectivity index (χ0) is 19.5. The van der Waals surface area contributed by atoms with Crippen molar-refractivity contribution in [1.82, 2.24) is 5.32 Å². The van der Waals surface area contributed by atoms with Gasteiger partial charge in [0.1, 0.15) is 18.4 Å². The number of rotatable bonds is 10. The molecule has 0 radical (unpaired) electrons. The number of aliphatic hydroxyl groups is 1. The monoisotopic (exact) mass is 372 g/mol. The number of carboxylic acid groups (broad SMARTS) is 1. The van der Waals surface area contributed by atoms with Crippen LogP contribution in [0.1, 0.15) is 24.8 Å². The van der Waals surface area contributed by atoms with Crippen LogP contribution in [-0.4, -0.2) is 34.9 Å². The van der Waals surface area contributed by atoms with Gasteiger partial charge in [-0.15, -0.1) is 0 Å². The molecule has 2 aromatic carbocycles. The molecule has 0 bridgehead atoms. The third-order valence-corrected chi connectivity index (χ3v) is 3.86. The topological polar surface area (TPSA) is 108 Å². The second-order valence-electron chi connectivity index (χ2n) is 6.01. The minimum Gasteiger partial charge on any atom is -0.489 e. The largest absolute Gasteiger partial charge is 0.489 e. The summed E-state index contributed by atoms with van der Waals surface area (Å²) in [6, 6.07) is 15.0. The first-order valence-corrected chi connectivity index (χ1v) is 8.76. The summed E-state index contributed by atoms with van der Waals surface area (Å²) in [6.45, 7) is 0.444. The lowest BCUT2D eigenvalue weighted by Gasteiger charge is -2.15. The van der Waals surface area contributed by atoms with Crippen LogP contribution in [0.2, 0.25) is 0 Å². The van der Waals surface area contributed by atoms with E-state index < -0.39 is 18.0 Å². The van der Waals surface area contributed by atoms with E-state index in [9.17, 15) is 9.59 Å². The molecule has 0 saturated heterocycles. The third-order valence-electron chi connectivity index (χ3n) is 3.86. The minimum atomic E-state index is -1.10. The lowest BCUT2D eigenvalue weighted by Crippen LogP contribution is -2.43. The number of aliphatic hydroxyl groups excluding tert-OH is 1. The van der Waals surface area contributed by atoms with Crippen molar-refractivity contribution in [2.75, 3.05) is 11.9 Å². The molecule has 0 fully saturated rings. The van der Waals surface area contributed by atoms with Crippen LogP contribution in [0.5, 0.6) is 5.75 Å². The quantitative estimate of drug-likeness (QED) is 0.480. The third kappa shape index (κ3) is 7.37. The Hall–Kier alpha value is -3.06. The van der Waals surface area contributed by atoms with E-state index >= 15 is 0 Å². The standard InChI is InChI=1S/C20H24N2O5/c23-13-5-4-8-18(19(24)25)22-20(26)21-16-9-11-17(12-10-16)27-14-15-6-2-1-3-7-15/h1-3,6-7,9-12,18,23H,4-5,8,13-14H2,(H,24,25)(H2,21,22,26). The van der Waals surface area contributed by atoms with Gasteiger partial charge in [0.25, 0.3) is 0 Å². The van der Waals surface area contributed by atoms with Crippen molar-refractivity contribution in [2.45, 2.75) is 31.9 Å². The predicted octanol–water partition coefficient (Wildman–Crippen LogP) is 3.00. The van der Waals surface area contributed by atoms with Gasteiger partial charge in [0, 0.05) is 12.3 Å². The highest BCUT2D eigenvalue weighted by Gasteiger charge is 2.19. The Morgan fingerprint density at radius 3 is 2.33 bits per heavy atom. The molecule has 0 aliphatic heterocycles. The number of anilines is 1. The molecule has 0 saturated carbocycles. The van der Waals surface area contributed by atoms with Crippen molar-refractivity contribution < 1.29 is 24.5 Å². The van der Waals surface area contributed by atoms with E-state index in [1.807, 2.05) is 30.3 Å². The van der Waals surface area contributed by atoms with Gasteiger partial charge in [-0.2, -0.15) is 0 Å². The first kappa shape index (κ1) is 20.3. The normalized spacial score (nSPS) is 11.4. The van der Waals surface area contributed by atoms with Gasteiger partial charge in [-0.25, -0.2) is 9.59 Å². The van der Waals surface area contributed by atoms with Gasteiger partial charge in [-0.1, -0.05) is 30.3 Å². The molecule has 0 aliphatic rings. The van der Waals surface area contributed by atoms with E-state index in [4.69, 9.17) is 14.9 Å². The molecule has 1 atom stereocenters. The van der Waals surface area contributed by atoms with Gasteiger partial charge in [-0.05, 0) is 49.1 Å². The maximum absolute atomic E-state index is 12.0. The van der Waals surface area contributed by atoms with E-state index in [-0.39, 0.29) is 13.0 Å². The Bertz CT molecular complexity index is 719. The zero-order valence-corrected chi connectivity index (χ0v) is 14.9. The fourth-order valence-corrected chi connectivity index (χ4v) is 2.42. The summed E-state index contributed by atoms with van der Waals surface area (Å²) >= 11 is 0. The molecule has 7 heteroatoms. The minimum absolute atomic E-state index is 0.00275. The molecule has 0 aliphatic carbocycles. The van der Waals surface area contributed by atoms with E-state index in [2.05, 4.69) is 10.6 Å². The van der Waals surface area contributed by atoms with Crippen LogP contribution in [0.15, 0.2) is 54.6 Å². The summed E-state index contributed by atoms with van der Waals surface area (Å²) in [5.74, 6) is -0.440. The Balaban J connectivity index is 1.82. The van der Waals surface area contributed by atoms with Crippen molar-refractivity contribution in [2.24, 2.45) is 0 Å². The Morgan fingerprint density at radius 2 is 1.70 bits per heavy atom. The fourth-order valence-electron chi connectivity index (χ4n) is 2.42. The summed E-state index contributed by atoms with van der Waals surface area (Å²) in [6.07, 6.45) is 1.27. The van der Waals surface area contributed by atoms with Crippen molar-refractivity contribution >= 4 is 17.7 Å². The molecular weight excluding hydrogens is 348 g/mol. The number of carboxylic acids is 1. The first-order chi connectivity index (χ1) is 13.1. The van der Waals surface area contributed by atoms with E-state index in [1.165, 1.54) is 0 Å². The molecule has 4 N–H and O–H groups in total. The lowest BCUT2D eigenvalue weighted by atomic mass is 10.1. The fraction of sp³-hybridized carbons (Fsp3) is 0.300. The summed E-state index contributed by atoms with van der Waals surface area (Å²) < 4.78 is 5.68. The lowest BCUT2D eigenvalue weighted by molar-refractivity contribution is -0.139. The van der Waals surface area contributed by atoms with E-state index in [0.29, 0.717) is 30.9 Å². The number of carbonyl (C=O) groups excluding carboxylic acids is 1. The van der Waals surface area contributed by atoms with Crippen molar-refractivity contribution in [3.63, 3.8) is 0 Å². The maximum atomic E-state index is 12.0. The molecule has 0 spiro atoms. The van der Waals surface area contributed by atoms with Crippen molar-refractivity contribution in [3.8, 4) is 5.75 Å². The molecule has 2 amide bonds. The smallest absolute Gasteiger partial charge is 0.326 e. The van der Waals surface area contributed by atoms with Crippen molar-refractivity contribution in [3.05, 3.63) is 60.2 Å². The number of urea groups is 1. The highest BCUT2D eigenvalue weighted by atomic mass is 16.5. The summed E-state index contributed by atoms with van der Waals surface area (Å²) in [4.78, 5) is 23.2. The number of ether oxygens (including phenoxy) is 1. The Kier molecular flexibility index (Phi) is 8.12. The van der Waals surface area contributed by atoms with Gasteiger partial charge >= 0.3 is 12.0 Å². The highest BCUT2D eigenvalue weighted by molar-refractivity contribution is 5.92. The van der Waals surface area contributed by atoms with Crippen LogP contribution in [0.3, 0.4) is 0 Å². The predicted molar refractivity (Wildman–Crippen MR) is 102 cm³/mol. The molecular formula is C20H24N2O5. The number of amides is 2. The van der Waals surface area contributed by atoms with Crippen LogP contribution >= 0.6 is 0 Å². The number of unbranched alkanes of at least 4 members (excludes halogenated alkanes) is 1. The molecule has 2 rings (SSSR count). The molecule has 0 aromatic heterocycles. The number of carbonyl (C=O) groups is 2. The van der Waals surface area contributed by atoms with Crippen molar-refractivity contribution in [1.29, 1.82) is 0 Å². The molecule has 1 unspecified atom stereocenters. The van der Waals surface area contributed by atoms with Crippen LogP contribution < -0.4 is 15.4 Å². The van der Waals surface area contributed by atoms with Gasteiger partial charge < -0.3 is 25.6 Å². The number of benzene rings is 2. The molecule has 27 heavy (non-hydrogen) atoms. The van der Waals surface area contributed by atoms with Crippen LogP contribution in [0, 0.1) is 0 Å². The van der Waals surface area contributed by atoms with Gasteiger partial charge in [0.2, 0.25) is 0 Å². The van der Waals surface area contributed by atoms with Gasteiger partial charge in [0.15, 0.2) is 0 Å². The average Bonchev–Trinajstić information content (AvgIpc) is 2.67. The highest BCUT2D eigenvalue weighted by Crippen LogP contribution is 2.17. The molecule has 7 nitrogen and oxygen atoms in total. The molecule has 0 heterocycles. The number of hydrogen-bond donors (Lipinski definition) is 4. The summed E-state index contributed by atoms with van der Waals surface area (Å²) in [5.41, 5.74) is 1.58. The maximum Gasteiger partial charge on any atom is 0.326 e. The van der Waals surface area contributed by atoms with Crippen LogP contribution in [0.25, 0.3) is 0 Å². The van der Waals surface area contributed by atoms with Crippen LogP contribution in [-0.2, 0) is 11.4 Å². The summed E-state index contributed by atoms with van der Waals surface area (Å²) in [7, 11) is 0. The number of aliphatic carboxylic acids is 1. The second kappa shape index (κ2) is 10.8. The van der Waals surface area contributed by atoms with Gasteiger partial charge in [-0.3, -0.25) is 0 Å². The Labute approximate surface area is 158 Å². The average molecular weight is 372 g/mol. The first-order valence-electron chi connectivity index (χ1n) is 8.76. The second-order valence-corrected chi connectivity index (χ2v) is 6.01. The SMILES string of the molecule is O=C(Nc1ccc(OCc2ccccc2)cc1)NC(CCCCO)C(=O)O. The molecule has 144 valence electrons. The van der Waals surface area contributed by atoms with Gasteiger partial charge in [0.05, 0.1) is 0 Å². The zero-order valence-electron chi connectivity index (χ0n) is 14.9. The number of nitrogens with one attached hydrogen (secondary N) is 2. The number of hydrogen-bond acceptors (Lipinski definition) is 4. The van der Waals surface area contributed by atoms with E-state index in [0.717, 1.165) is 5.56 Å². The van der Waals surface area contributed by atoms with Crippen LogP contribution in [0.4, 0.5) is 10.5 Å². The Morgan fingerprint density at radius 1 is 1.00 bits per heavy atom.